The van der Waals surface area contributed by atoms with Crippen molar-refractivity contribution in [2.75, 3.05) is 0 Å². The van der Waals surface area contributed by atoms with Gasteiger partial charge in [0.15, 0.2) is 0 Å². The van der Waals surface area contributed by atoms with E-state index >= 15 is 0 Å². The Labute approximate surface area is 111 Å². The minimum atomic E-state index is -4.10. The zero-order chi connectivity index (χ0) is 14.6. The summed E-state index contributed by atoms with van der Waals surface area (Å²) in [6.07, 6.45) is 0. The molecule has 0 radical (unpaired) electrons. The summed E-state index contributed by atoms with van der Waals surface area (Å²) in [6.45, 7) is 1.97. The highest BCUT2D eigenvalue weighted by atomic mass is 32.2. The van der Waals surface area contributed by atoms with Gasteiger partial charge in [0, 0.05) is 0 Å². The maximum absolute atomic E-state index is 10.9. The first-order chi connectivity index (χ1) is 8.70. The summed E-state index contributed by atoms with van der Waals surface area (Å²) < 4.78 is 56.0. The molecule has 0 heterocycles. The lowest BCUT2D eigenvalue weighted by Gasteiger charge is -2.01. The van der Waals surface area contributed by atoms with E-state index in [0.29, 0.717) is 0 Å². The second kappa shape index (κ2) is 5.91. The highest BCUT2D eigenvalue weighted by Crippen LogP contribution is 2.20. The topological polar surface area (TPSA) is 106 Å². The van der Waals surface area contributed by atoms with Crippen LogP contribution in [-0.4, -0.2) is 25.6 Å². The number of rotatable bonds is 1. The normalized spacial score (nSPS) is 10.6. The summed E-state index contributed by atoms with van der Waals surface area (Å²) in [6, 6.07) is 10.2. The lowest BCUT2D eigenvalue weighted by Crippen LogP contribution is -1.97. The van der Waals surface area contributed by atoms with Crippen molar-refractivity contribution < 1.29 is 25.6 Å². The Morgan fingerprint density at radius 3 is 1.95 bits per heavy atom. The van der Waals surface area contributed by atoms with Gasteiger partial charge in [-0.05, 0) is 29.8 Å². The molecule has 0 spiro atoms. The molecule has 0 aliphatic heterocycles. The van der Waals surface area contributed by atoms with Crippen LogP contribution in [0.5, 0.6) is 0 Å². The first-order valence-corrected chi connectivity index (χ1v) is 7.39. The van der Waals surface area contributed by atoms with E-state index in [1.165, 1.54) is 12.1 Å². The highest BCUT2D eigenvalue weighted by molar-refractivity contribution is 7.85. The first-order valence-electron chi connectivity index (χ1n) is 4.95. The summed E-state index contributed by atoms with van der Waals surface area (Å²) in [5.41, 5.74) is 1.11. The van der Waals surface area contributed by atoms with E-state index in [4.69, 9.17) is 17.2 Å². The van der Waals surface area contributed by atoms with Crippen molar-refractivity contribution in [3.05, 3.63) is 42.0 Å². The van der Waals surface area contributed by atoms with E-state index in [0.717, 1.165) is 16.3 Å². The fourth-order valence-electron chi connectivity index (χ4n) is 1.50. The first kappa shape index (κ1) is 15.3. The van der Waals surface area contributed by atoms with Gasteiger partial charge in [-0.25, -0.2) is 0 Å². The molecule has 102 valence electrons. The maximum atomic E-state index is 10.9. The summed E-state index contributed by atoms with van der Waals surface area (Å²) >= 11 is 0. The van der Waals surface area contributed by atoms with Crippen LogP contribution in [0.2, 0.25) is 0 Å². The summed E-state index contributed by atoms with van der Waals surface area (Å²) in [7, 11) is -7.22. The van der Waals surface area contributed by atoms with Gasteiger partial charge in [-0.2, -0.15) is 8.42 Å². The monoisotopic (exact) mass is 302 g/mol. The maximum Gasteiger partial charge on any atom is 0.425 e. The van der Waals surface area contributed by atoms with Crippen LogP contribution in [-0.2, 0) is 20.7 Å². The Bertz CT molecular complexity index is 800. The number of hydrogen-bond donors (Lipinski definition) is 1. The van der Waals surface area contributed by atoms with Crippen LogP contribution in [0, 0.1) is 6.92 Å². The predicted octanol–water partition coefficient (Wildman–Crippen LogP) is 1.39. The molecule has 0 amide bonds. The molecule has 8 heteroatoms. The minimum Gasteiger partial charge on any atom is -0.282 e. The minimum absolute atomic E-state index is 0.0705. The molecular weight excluding hydrogens is 292 g/mol. The number of benzene rings is 2. The van der Waals surface area contributed by atoms with Gasteiger partial charge in [0.1, 0.15) is 0 Å². The van der Waals surface area contributed by atoms with Crippen LogP contribution >= 0.6 is 0 Å². The summed E-state index contributed by atoms with van der Waals surface area (Å²) in [4.78, 5) is -0.0705. The van der Waals surface area contributed by atoms with Crippen LogP contribution in [0.3, 0.4) is 0 Å². The predicted molar refractivity (Wildman–Crippen MR) is 68.2 cm³/mol. The summed E-state index contributed by atoms with van der Waals surface area (Å²) in [5.74, 6) is 0. The SMILES string of the molecule is Cc1ccc2cc(S(=O)(=O)O)ccc2c1.O=S(=O)=O. The highest BCUT2D eigenvalue weighted by Gasteiger charge is 2.09. The van der Waals surface area contributed by atoms with Gasteiger partial charge in [0.25, 0.3) is 10.1 Å². The fourth-order valence-corrected chi connectivity index (χ4v) is 2.02. The Hall–Kier alpha value is -1.77. The second-order valence-electron chi connectivity index (χ2n) is 3.69. The Balaban J connectivity index is 0.000000399. The number of fused-ring (bicyclic) bond motifs is 1. The smallest absolute Gasteiger partial charge is 0.282 e. The van der Waals surface area contributed by atoms with E-state index in [2.05, 4.69) is 0 Å². The van der Waals surface area contributed by atoms with Gasteiger partial charge >= 0.3 is 10.6 Å². The van der Waals surface area contributed by atoms with Gasteiger partial charge in [0.2, 0.25) is 0 Å². The fraction of sp³-hybridized carbons (Fsp3) is 0.0909. The zero-order valence-electron chi connectivity index (χ0n) is 9.77. The molecular formula is C11H10O6S2. The van der Waals surface area contributed by atoms with E-state index in [9.17, 15) is 8.42 Å². The molecule has 1 N–H and O–H groups in total. The van der Waals surface area contributed by atoms with Gasteiger partial charge in [-0.15, -0.1) is 12.6 Å². The lowest BCUT2D eigenvalue weighted by atomic mass is 10.1. The molecule has 2 aromatic carbocycles. The average Bonchev–Trinajstić information content (AvgIpc) is 2.26. The van der Waals surface area contributed by atoms with Crippen molar-refractivity contribution >= 4 is 31.5 Å². The van der Waals surface area contributed by atoms with E-state index < -0.39 is 20.7 Å². The third kappa shape index (κ3) is 4.78. The molecule has 0 saturated heterocycles. The summed E-state index contributed by atoms with van der Waals surface area (Å²) in [5, 5.41) is 1.76. The molecule has 6 nitrogen and oxygen atoms in total. The van der Waals surface area contributed by atoms with Crippen molar-refractivity contribution in [3.63, 3.8) is 0 Å². The third-order valence-electron chi connectivity index (χ3n) is 2.27. The van der Waals surface area contributed by atoms with Crippen molar-refractivity contribution in [1.29, 1.82) is 0 Å². The molecule has 0 aliphatic carbocycles. The number of hydrogen-bond acceptors (Lipinski definition) is 5. The van der Waals surface area contributed by atoms with E-state index in [-0.39, 0.29) is 4.90 Å². The largest absolute Gasteiger partial charge is 0.425 e. The zero-order valence-corrected chi connectivity index (χ0v) is 11.4. The molecule has 2 rings (SSSR count). The van der Waals surface area contributed by atoms with Crippen LogP contribution < -0.4 is 0 Å². The second-order valence-corrected chi connectivity index (χ2v) is 5.52. The van der Waals surface area contributed by atoms with E-state index in [1.54, 1.807) is 6.07 Å². The molecule has 2 aromatic rings. The molecule has 0 aromatic heterocycles. The molecule has 0 bridgehead atoms. The van der Waals surface area contributed by atoms with Crippen LogP contribution in [0.15, 0.2) is 41.3 Å². The Morgan fingerprint density at radius 1 is 0.947 bits per heavy atom. The Kier molecular flexibility index (Phi) is 4.76. The van der Waals surface area contributed by atoms with Crippen molar-refractivity contribution in [2.45, 2.75) is 11.8 Å². The van der Waals surface area contributed by atoms with Gasteiger partial charge in [0.05, 0.1) is 4.90 Å². The molecule has 0 unspecified atom stereocenters. The van der Waals surface area contributed by atoms with Gasteiger partial charge < -0.3 is 0 Å². The van der Waals surface area contributed by atoms with Crippen LogP contribution in [0.1, 0.15) is 5.56 Å². The van der Waals surface area contributed by atoms with Crippen LogP contribution in [0.25, 0.3) is 10.8 Å². The van der Waals surface area contributed by atoms with Crippen molar-refractivity contribution in [1.82, 2.24) is 0 Å². The van der Waals surface area contributed by atoms with Crippen molar-refractivity contribution in [2.24, 2.45) is 0 Å². The van der Waals surface area contributed by atoms with E-state index in [1.807, 2.05) is 25.1 Å². The Morgan fingerprint density at radius 2 is 1.42 bits per heavy atom. The molecule has 0 fully saturated rings. The molecule has 0 atom stereocenters. The lowest BCUT2D eigenvalue weighted by molar-refractivity contribution is 0.483. The quantitative estimate of drug-likeness (QED) is 0.798. The average molecular weight is 302 g/mol. The van der Waals surface area contributed by atoms with Gasteiger partial charge in [-0.1, -0.05) is 29.8 Å². The van der Waals surface area contributed by atoms with Crippen molar-refractivity contribution in [3.8, 4) is 0 Å². The van der Waals surface area contributed by atoms with Crippen LogP contribution in [0.4, 0.5) is 0 Å². The number of aryl methyl sites for hydroxylation is 1. The molecule has 19 heavy (non-hydrogen) atoms. The van der Waals surface area contributed by atoms with Gasteiger partial charge in [-0.3, -0.25) is 4.55 Å². The molecule has 0 saturated carbocycles. The third-order valence-corrected chi connectivity index (χ3v) is 3.11. The molecule has 0 aliphatic rings. The standard InChI is InChI=1S/C11H10O3S.O3S/c1-8-2-3-10-7-11(15(12,13)14)5-4-9(10)6-8;1-4(2)3/h2-7H,1H3,(H,12,13,14);.